The summed E-state index contributed by atoms with van der Waals surface area (Å²) >= 11 is 0. The molecule has 0 aromatic carbocycles. The number of halogens is 2. The Labute approximate surface area is 95.8 Å². The van der Waals surface area contributed by atoms with Crippen LogP contribution in [-0.4, -0.2) is 24.9 Å². The van der Waals surface area contributed by atoms with E-state index in [1.165, 1.54) is 0 Å². The van der Waals surface area contributed by atoms with E-state index in [0.29, 0.717) is 12.3 Å². The van der Waals surface area contributed by atoms with Gasteiger partial charge in [-0.3, -0.25) is 4.79 Å². The van der Waals surface area contributed by atoms with Crippen molar-refractivity contribution in [1.29, 1.82) is 0 Å². The first-order chi connectivity index (χ1) is 7.32. The molecule has 1 atom stereocenters. The van der Waals surface area contributed by atoms with Crippen LogP contribution in [0.1, 0.15) is 33.6 Å². The molecular weight excluding hydrogens is 214 g/mol. The molecule has 0 saturated carbocycles. The van der Waals surface area contributed by atoms with Crippen LogP contribution >= 0.6 is 0 Å². The van der Waals surface area contributed by atoms with Crippen LogP contribution < -0.4 is 11.1 Å². The van der Waals surface area contributed by atoms with Gasteiger partial charge in [0.1, 0.15) is 0 Å². The summed E-state index contributed by atoms with van der Waals surface area (Å²) in [5, 5.41) is 2.22. The highest BCUT2D eigenvalue weighted by atomic mass is 19.3. The molecule has 0 saturated heterocycles. The van der Waals surface area contributed by atoms with Gasteiger partial charge in [-0.1, -0.05) is 27.2 Å². The summed E-state index contributed by atoms with van der Waals surface area (Å²) in [6.45, 7) is 4.63. The van der Waals surface area contributed by atoms with Gasteiger partial charge in [0.25, 0.3) is 5.92 Å². The summed E-state index contributed by atoms with van der Waals surface area (Å²) < 4.78 is 25.5. The number of carbonyl (C=O) groups excluding carboxylic acids is 1. The third kappa shape index (κ3) is 6.00. The molecule has 0 spiro atoms. The Bertz CT molecular complexity index is 220. The number of carbonyl (C=O) groups is 1. The van der Waals surface area contributed by atoms with Crippen molar-refractivity contribution in [3.8, 4) is 0 Å². The summed E-state index contributed by atoms with van der Waals surface area (Å²) in [5.41, 5.74) is 4.87. The van der Waals surface area contributed by atoms with Gasteiger partial charge in [0.05, 0.1) is 13.1 Å². The van der Waals surface area contributed by atoms with Crippen molar-refractivity contribution >= 4 is 5.91 Å². The normalized spacial score (nSPS) is 13.9. The van der Waals surface area contributed by atoms with Gasteiger partial charge in [-0.05, 0) is 11.8 Å². The fraction of sp³-hybridized carbons (Fsp3) is 0.909. The maximum absolute atomic E-state index is 12.8. The average molecular weight is 236 g/mol. The SMILES string of the molecule is CCC(CC(=O)NCC(F)(F)CN)C(C)C. The molecule has 0 radical (unpaired) electrons. The van der Waals surface area contributed by atoms with Crippen LogP contribution in [-0.2, 0) is 4.79 Å². The highest BCUT2D eigenvalue weighted by Crippen LogP contribution is 2.18. The number of alkyl halides is 2. The Morgan fingerprint density at radius 2 is 2.00 bits per heavy atom. The Kier molecular flexibility index (Phi) is 6.48. The van der Waals surface area contributed by atoms with Gasteiger partial charge in [-0.25, -0.2) is 8.78 Å². The monoisotopic (exact) mass is 236 g/mol. The lowest BCUT2D eigenvalue weighted by Gasteiger charge is -2.19. The summed E-state index contributed by atoms with van der Waals surface area (Å²) in [5.74, 6) is -2.71. The Morgan fingerprint density at radius 3 is 2.38 bits per heavy atom. The number of nitrogens with one attached hydrogen (secondary N) is 1. The van der Waals surface area contributed by atoms with E-state index in [0.717, 1.165) is 6.42 Å². The van der Waals surface area contributed by atoms with E-state index in [-0.39, 0.29) is 11.8 Å². The predicted octanol–water partition coefficient (Wildman–Crippen LogP) is 1.77. The molecule has 0 fully saturated rings. The van der Waals surface area contributed by atoms with E-state index in [9.17, 15) is 13.6 Å². The summed E-state index contributed by atoms with van der Waals surface area (Å²) in [4.78, 5) is 11.4. The molecule has 1 unspecified atom stereocenters. The molecule has 96 valence electrons. The van der Waals surface area contributed by atoms with Crippen molar-refractivity contribution in [2.45, 2.75) is 39.5 Å². The van der Waals surface area contributed by atoms with Gasteiger partial charge >= 0.3 is 0 Å². The van der Waals surface area contributed by atoms with E-state index in [1.54, 1.807) is 0 Å². The predicted molar refractivity (Wildman–Crippen MR) is 60.2 cm³/mol. The molecular formula is C11H22F2N2O. The number of amides is 1. The number of nitrogens with two attached hydrogens (primary N) is 1. The first-order valence-corrected chi connectivity index (χ1v) is 5.67. The molecule has 5 heteroatoms. The molecule has 0 aliphatic carbocycles. The van der Waals surface area contributed by atoms with Crippen molar-refractivity contribution in [3.63, 3.8) is 0 Å². The molecule has 3 N–H and O–H groups in total. The quantitative estimate of drug-likeness (QED) is 0.707. The first kappa shape index (κ1) is 15.3. The molecule has 3 nitrogen and oxygen atoms in total. The third-order valence-electron chi connectivity index (χ3n) is 2.76. The zero-order valence-corrected chi connectivity index (χ0v) is 10.2. The van der Waals surface area contributed by atoms with Crippen LogP contribution in [0.5, 0.6) is 0 Å². The lowest BCUT2D eigenvalue weighted by atomic mass is 9.90. The van der Waals surface area contributed by atoms with Crippen LogP contribution in [0.4, 0.5) is 8.78 Å². The lowest BCUT2D eigenvalue weighted by Crippen LogP contribution is -2.42. The third-order valence-corrected chi connectivity index (χ3v) is 2.76. The molecule has 0 bridgehead atoms. The van der Waals surface area contributed by atoms with Crippen molar-refractivity contribution in [3.05, 3.63) is 0 Å². The zero-order chi connectivity index (χ0) is 12.8. The Hall–Kier alpha value is -0.710. The fourth-order valence-electron chi connectivity index (χ4n) is 1.46. The number of hydrogen-bond donors (Lipinski definition) is 2. The van der Waals surface area contributed by atoms with Crippen LogP contribution in [0.15, 0.2) is 0 Å². The van der Waals surface area contributed by atoms with Gasteiger partial charge < -0.3 is 11.1 Å². The topological polar surface area (TPSA) is 55.1 Å². The van der Waals surface area contributed by atoms with E-state index < -0.39 is 19.0 Å². The standard InChI is InChI=1S/C11H22F2N2O/c1-4-9(8(2)3)5-10(16)15-7-11(12,13)6-14/h8-9H,4-7,14H2,1-3H3,(H,15,16). The Balaban J connectivity index is 3.99. The molecule has 0 aromatic rings. The Morgan fingerprint density at radius 1 is 1.44 bits per heavy atom. The second-order valence-electron chi connectivity index (χ2n) is 4.45. The minimum atomic E-state index is -3.00. The number of hydrogen-bond acceptors (Lipinski definition) is 2. The van der Waals surface area contributed by atoms with Gasteiger partial charge in [0.2, 0.25) is 5.91 Å². The highest BCUT2D eigenvalue weighted by molar-refractivity contribution is 5.76. The largest absolute Gasteiger partial charge is 0.350 e. The van der Waals surface area contributed by atoms with Crippen LogP contribution in [0.2, 0.25) is 0 Å². The van der Waals surface area contributed by atoms with Crippen molar-refractivity contribution in [2.75, 3.05) is 13.1 Å². The summed E-state index contributed by atoms with van der Waals surface area (Å²) in [6.07, 6.45) is 1.17. The first-order valence-electron chi connectivity index (χ1n) is 5.67. The molecule has 0 heterocycles. The van der Waals surface area contributed by atoms with Gasteiger partial charge in [0.15, 0.2) is 0 Å². The van der Waals surface area contributed by atoms with Gasteiger partial charge in [0, 0.05) is 6.42 Å². The fourth-order valence-corrected chi connectivity index (χ4v) is 1.46. The molecule has 0 aliphatic heterocycles. The van der Waals surface area contributed by atoms with Crippen LogP contribution in [0.25, 0.3) is 0 Å². The molecule has 1 amide bonds. The van der Waals surface area contributed by atoms with Gasteiger partial charge in [-0.15, -0.1) is 0 Å². The van der Waals surface area contributed by atoms with Crippen molar-refractivity contribution in [2.24, 2.45) is 17.6 Å². The maximum atomic E-state index is 12.8. The van der Waals surface area contributed by atoms with E-state index in [4.69, 9.17) is 5.73 Å². The molecule has 0 rings (SSSR count). The highest BCUT2D eigenvalue weighted by Gasteiger charge is 2.27. The minimum Gasteiger partial charge on any atom is -0.350 e. The smallest absolute Gasteiger partial charge is 0.277 e. The van der Waals surface area contributed by atoms with Crippen molar-refractivity contribution in [1.82, 2.24) is 5.32 Å². The average Bonchev–Trinajstić information content (AvgIpc) is 2.22. The summed E-state index contributed by atoms with van der Waals surface area (Å²) in [6, 6.07) is 0. The second kappa shape index (κ2) is 6.78. The van der Waals surface area contributed by atoms with E-state index >= 15 is 0 Å². The summed E-state index contributed by atoms with van der Waals surface area (Å²) in [7, 11) is 0. The van der Waals surface area contributed by atoms with Gasteiger partial charge in [-0.2, -0.15) is 0 Å². The van der Waals surface area contributed by atoms with E-state index in [2.05, 4.69) is 5.32 Å². The maximum Gasteiger partial charge on any atom is 0.277 e. The lowest BCUT2D eigenvalue weighted by molar-refractivity contribution is -0.124. The van der Waals surface area contributed by atoms with Crippen LogP contribution in [0.3, 0.4) is 0 Å². The molecule has 0 aliphatic rings. The molecule has 16 heavy (non-hydrogen) atoms. The zero-order valence-electron chi connectivity index (χ0n) is 10.2. The number of rotatable bonds is 7. The van der Waals surface area contributed by atoms with Crippen molar-refractivity contribution < 1.29 is 13.6 Å². The minimum absolute atomic E-state index is 0.242. The molecule has 0 aromatic heterocycles. The second-order valence-corrected chi connectivity index (χ2v) is 4.45. The van der Waals surface area contributed by atoms with E-state index in [1.807, 2.05) is 20.8 Å². The van der Waals surface area contributed by atoms with Crippen LogP contribution in [0, 0.1) is 11.8 Å².